The third-order valence-corrected chi connectivity index (χ3v) is 6.65. The molecule has 1 atom stereocenters. The van der Waals surface area contributed by atoms with Gasteiger partial charge in [-0.25, -0.2) is 4.98 Å². The van der Waals surface area contributed by atoms with Crippen molar-refractivity contribution in [2.45, 2.75) is 45.6 Å². The number of hydrogen-bond donors (Lipinski definition) is 1. The average Bonchev–Trinajstić information content (AvgIpc) is 2.94. The highest BCUT2D eigenvalue weighted by Gasteiger charge is 2.32. The van der Waals surface area contributed by atoms with Crippen LogP contribution in [0.2, 0.25) is 0 Å². The second kappa shape index (κ2) is 10.2. The number of aromatic nitrogens is 1. The Morgan fingerprint density at radius 2 is 1.97 bits per heavy atom. The number of rotatable bonds is 7. The number of carbonyl (C=O) groups excluding carboxylic acids is 2. The molecule has 2 aliphatic rings. The molecule has 2 aromatic rings. The normalized spacial score (nSPS) is 18.7. The summed E-state index contributed by atoms with van der Waals surface area (Å²) in [5.41, 5.74) is 1.62. The fourth-order valence-electron chi connectivity index (χ4n) is 4.80. The van der Waals surface area contributed by atoms with Crippen molar-refractivity contribution in [3.05, 3.63) is 48.2 Å². The van der Waals surface area contributed by atoms with Gasteiger partial charge in [0.05, 0.1) is 23.5 Å². The predicted molar refractivity (Wildman–Crippen MR) is 127 cm³/mol. The molecule has 1 aromatic heterocycles. The van der Waals surface area contributed by atoms with Gasteiger partial charge in [-0.05, 0) is 69.7 Å². The monoisotopic (exact) mass is 435 g/mol. The molecule has 0 radical (unpaired) electrons. The number of nitrogens with zero attached hydrogens (tertiary/aromatic N) is 4. The molecule has 1 fully saturated rings. The topological polar surface area (TPSA) is 68.8 Å². The maximum atomic E-state index is 13.7. The molecule has 32 heavy (non-hydrogen) atoms. The van der Waals surface area contributed by atoms with Gasteiger partial charge < -0.3 is 10.2 Å². The number of carbonyl (C=O) groups is 2. The van der Waals surface area contributed by atoms with Crippen LogP contribution in [0.3, 0.4) is 0 Å². The summed E-state index contributed by atoms with van der Waals surface area (Å²) >= 11 is 0. The summed E-state index contributed by atoms with van der Waals surface area (Å²) in [6.45, 7) is 8.80. The van der Waals surface area contributed by atoms with Crippen molar-refractivity contribution in [1.29, 1.82) is 0 Å². The average molecular weight is 436 g/mol. The molecule has 0 spiro atoms. The van der Waals surface area contributed by atoms with E-state index in [1.54, 1.807) is 29.3 Å². The van der Waals surface area contributed by atoms with Crippen molar-refractivity contribution < 1.29 is 9.59 Å². The van der Waals surface area contributed by atoms with Crippen molar-refractivity contribution in [3.63, 3.8) is 0 Å². The maximum absolute atomic E-state index is 13.7. The summed E-state index contributed by atoms with van der Waals surface area (Å²) in [7, 11) is 0. The summed E-state index contributed by atoms with van der Waals surface area (Å²) in [4.78, 5) is 37.4. The number of nitrogens with one attached hydrogen (secondary N) is 1. The lowest BCUT2D eigenvalue weighted by Crippen LogP contribution is -2.47. The molecule has 1 aromatic carbocycles. The van der Waals surface area contributed by atoms with Gasteiger partial charge in [-0.2, -0.15) is 0 Å². The number of likely N-dealkylation sites (tertiary alicyclic amines) is 1. The summed E-state index contributed by atoms with van der Waals surface area (Å²) in [5.74, 6) is 0.205. The third kappa shape index (κ3) is 4.69. The number of para-hydroxylation sites is 1. The van der Waals surface area contributed by atoms with Gasteiger partial charge in [0.25, 0.3) is 5.91 Å². The lowest BCUT2D eigenvalue weighted by Gasteiger charge is -2.37. The molecular weight excluding hydrogens is 402 g/mol. The van der Waals surface area contributed by atoms with E-state index in [0.717, 1.165) is 45.4 Å². The summed E-state index contributed by atoms with van der Waals surface area (Å²) in [5, 5.41) is 2.91. The van der Waals surface area contributed by atoms with Crippen molar-refractivity contribution in [2.75, 3.05) is 42.9 Å². The minimum atomic E-state index is -0.222. The Kier molecular flexibility index (Phi) is 7.17. The number of amides is 2. The lowest BCUT2D eigenvalue weighted by molar-refractivity contribution is -0.120. The highest BCUT2D eigenvalue weighted by atomic mass is 16.2. The zero-order valence-electron chi connectivity index (χ0n) is 19.1. The van der Waals surface area contributed by atoms with Crippen LogP contribution in [0.1, 0.15) is 49.9 Å². The second-order valence-corrected chi connectivity index (χ2v) is 8.51. The van der Waals surface area contributed by atoms with Crippen LogP contribution >= 0.6 is 0 Å². The van der Waals surface area contributed by atoms with Crippen LogP contribution < -0.4 is 10.2 Å². The lowest BCUT2D eigenvalue weighted by atomic mass is 9.99. The molecule has 0 bridgehead atoms. The predicted octanol–water partition coefficient (Wildman–Crippen LogP) is 3.90. The number of hydrogen-bond acceptors (Lipinski definition) is 5. The molecular formula is C25H33N5O2. The van der Waals surface area contributed by atoms with Crippen LogP contribution in [-0.2, 0) is 4.79 Å². The number of pyridine rings is 1. The van der Waals surface area contributed by atoms with Crippen molar-refractivity contribution in [1.82, 2.24) is 14.8 Å². The fourth-order valence-corrected chi connectivity index (χ4v) is 4.80. The van der Waals surface area contributed by atoms with Gasteiger partial charge in [-0.3, -0.25) is 19.4 Å². The van der Waals surface area contributed by atoms with Gasteiger partial charge in [0, 0.05) is 12.2 Å². The molecule has 1 saturated heterocycles. The molecule has 0 saturated carbocycles. The van der Waals surface area contributed by atoms with E-state index in [4.69, 9.17) is 0 Å². The van der Waals surface area contributed by atoms with E-state index >= 15 is 0 Å². The van der Waals surface area contributed by atoms with E-state index in [-0.39, 0.29) is 11.8 Å². The van der Waals surface area contributed by atoms with Gasteiger partial charge in [0.2, 0.25) is 5.91 Å². The number of benzene rings is 1. The summed E-state index contributed by atoms with van der Waals surface area (Å²) in [6, 6.07) is 11.2. The first kappa shape index (κ1) is 22.4. The SMILES string of the molecule is CCN(CC)CCC1CCCCN1CC(=O)N1c2ccccc2C(=O)Nc2cccnc21. The maximum Gasteiger partial charge on any atom is 0.257 e. The van der Waals surface area contributed by atoms with E-state index in [0.29, 0.717) is 35.3 Å². The Balaban J connectivity index is 1.59. The number of piperidine rings is 1. The molecule has 2 aliphatic heterocycles. The third-order valence-electron chi connectivity index (χ3n) is 6.65. The Morgan fingerprint density at radius 3 is 2.78 bits per heavy atom. The molecule has 0 aliphatic carbocycles. The first-order valence-corrected chi connectivity index (χ1v) is 11.8. The van der Waals surface area contributed by atoms with Gasteiger partial charge in [-0.1, -0.05) is 32.4 Å². The molecule has 1 unspecified atom stereocenters. The second-order valence-electron chi connectivity index (χ2n) is 8.51. The highest BCUT2D eigenvalue weighted by molar-refractivity contribution is 6.17. The Morgan fingerprint density at radius 1 is 1.16 bits per heavy atom. The zero-order valence-corrected chi connectivity index (χ0v) is 19.1. The summed E-state index contributed by atoms with van der Waals surface area (Å²) in [6.07, 6.45) is 6.18. The van der Waals surface area contributed by atoms with Crippen LogP contribution in [0.15, 0.2) is 42.6 Å². The first-order valence-electron chi connectivity index (χ1n) is 11.8. The minimum absolute atomic E-state index is 0.0522. The Labute approximate surface area is 190 Å². The molecule has 2 amide bonds. The van der Waals surface area contributed by atoms with Gasteiger partial charge in [0.15, 0.2) is 5.82 Å². The standard InChI is InChI=1S/C25H33N5O2/c1-3-28(4-2)17-14-19-10-7-8-16-29(19)18-23(31)30-22-13-6-5-11-20(22)25(32)27-21-12-9-15-26-24(21)30/h5-6,9,11-13,15,19H,3-4,7-8,10,14,16-18H2,1-2H3,(H,27,32). The van der Waals surface area contributed by atoms with E-state index in [2.05, 4.69) is 33.9 Å². The summed E-state index contributed by atoms with van der Waals surface area (Å²) < 4.78 is 0. The van der Waals surface area contributed by atoms with Crippen molar-refractivity contribution >= 4 is 29.0 Å². The number of fused-ring (bicyclic) bond motifs is 2. The molecule has 7 nitrogen and oxygen atoms in total. The van der Waals surface area contributed by atoms with E-state index in [9.17, 15) is 9.59 Å². The molecule has 7 heteroatoms. The Bertz CT molecular complexity index is 959. The van der Waals surface area contributed by atoms with Crippen LogP contribution in [0, 0.1) is 0 Å². The van der Waals surface area contributed by atoms with E-state index in [1.807, 2.05) is 18.2 Å². The smallest absolute Gasteiger partial charge is 0.257 e. The molecule has 1 N–H and O–H groups in total. The quantitative estimate of drug-likeness (QED) is 0.714. The van der Waals surface area contributed by atoms with E-state index < -0.39 is 0 Å². The zero-order chi connectivity index (χ0) is 22.5. The van der Waals surface area contributed by atoms with Crippen molar-refractivity contribution in [3.8, 4) is 0 Å². The number of anilines is 3. The van der Waals surface area contributed by atoms with Gasteiger partial charge in [0.1, 0.15) is 0 Å². The van der Waals surface area contributed by atoms with Crippen molar-refractivity contribution in [2.24, 2.45) is 0 Å². The van der Waals surface area contributed by atoms with Crippen LogP contribution in [-0.4, -0.2) is 65.4 Å². The minimum Gasteiger partial charge on any atom is -0.319 e. The van der Waals surface area contributed by atoms with Crippen LogP contribution in [0.4, 0.5) is 17.2 Å². The molecule has 4 rings (SSSR count). The first-order chi connectivity index (χ1) is 15.6. The molecule has 170 valence electrons. The Hall–Kier alpha value is -2.77. The molecule has 3 heterocycles. The van der Waals surface area contributed by atoms with Crippen LogP contribution in [0.5, 0.6) is 0 Å². The van der Waals surface area contributed by atoms with Crippen LogP contribution in [0.25, 0.3) is 0 Å². The fraction of sp³-hybridized carbons (Fsp3) is 0.480. The highest BCUT2D eigenvalue weighted by Crippen LogP contribution is 2.36. The largest absolute Gasteiger partial charge is 0.319 e. The van der Waals surface area contributed by atoms with E-state index in [1.165, 1.54) is 6.42 Å². The van der Waals surface area contributed by atoms with Gasteiger partial charge >= 0.3 is 0 Å². The van der Waals surface area contributed by atoms with Gasteiger partial charge in [-0.15, -0.1) is 0 Å².